The second-order valence-electron chi connectivity index (χ2n) is 3.53. The van der Waals surface area contributed by atoms with Crippen molar-refractivity contribution in [2.75, 3.05) is 7.11 Å². The van der Waals surface area contributed by atoms with E-state index in [1.165, 1.54) is 19.2 Å². The first-order valence-electron chi connectivity index (χ1n) is 4.92. The number of ether oxygens (including phenoxy) is 1. The first-order valence-corrected chi connectivity index (χ1v) is 4.92. The number of methoxy groups -OCH3 is 1. The van der Waals surface area contributed by atoms with Gasteiger partial charge >= 0.3 is 6.18 Å². The van der Waals surface area contributed by atoms with Gasteiger partial charge < -0.3 is 9.84 Å². The minimum atomic E-state index is -4.38. The Morgan fingerprint density at radius 3 is 2.53 bits per heavy atom. The van der Waals surface area contributed by atoms with Crippen molar-refractivity contribution in [1.82, 2.24) is 0 Å². The molecule has 0 amide bonds. The van der Waals surface area contributed by atoms with Gasteiger partial charge in [0.25, 0.3) is 0 Å². The molecule has 6 heteroatoms. The molecule has 1 rings (SSSR count). The number of aliphatic hydroxyl groups excluding tert-OH is 1. The van der Waals surface area contributed by atoms with Gasteiger partial charge in [-0.2, -0.15) is 13.2 Å². The van der Waals surface area contributed by atoms with Crippen molar-refractivity contribution in [2.24, 2.45) is 0 Å². The molecular formula is C11H12F4O2. The second kappa shape index (κ2) is 5.35. The molecule has 0 saturated heterocycles. The number of aliphatic hydroxyl groups is 1. The third kappa shape index (κ3) is 3.89. The molecule has 0 spiro atoms. The molecule has 1 atom stereocenters. The highest BCUT2D eigenvalue weighted by molar-refractivity contribution is 5.36. The minimum Gasteiger partial charge on any atom is -0.496 e. The van der Waals surface area contributed by atoms with Crippen LogP contribution in [-0.2, 0) is 0 Å². The van der Waals surface area contributed by atoms with Gasteiger partial charge in [0.2, 0.25) is 0 Å². The van der Waals surface area contributed by atoms with Crippen molar-refractivity contribution in [3.63, 3.8) is 0 Å². The summed E-state index contributed by atoms with van der Waals surface area (Å²) in [7, 11) is 1.26. The van der Waals surface area contributed by atoms with Crippen LogP contribution < -0.4 is 4.74 Å². The molecule has 1 aromatic rings. The summed E-state index contributed by atoms with van der Waals surface area (Å²) >= 11 is 0. The summed E-state index contributed by atoms with van der Waals surface area (Å²) in [6.45, 7) is 0. The number of halogens is 4. The molecule has 1 aromatic carbocycles. The standard InChI is InChI=1S/C11H12F4O2/c1-17-9-4-2-3-7(12)10(9)8(16)5-6-11(13,14)15/h2-4,8,16H,5-6H2,1H3. The third-order valence-corrected chi connectivity index (χ3v) is 2.27. The van der Waals surface area contributed by atoms with Gasteiger partial charge in [-0.15, -0.1) is 0 Å². The number of benzene rings is 1. The van der Waals surface area contributed by atoms with Gasteiger partial charge in [-0.1, -0.05) is 6.07 Å². The summed E-state index contributed by atoms with van der Waals surface area (Å²) in [6.07, 6.45) is -7.68. The van der Waals surface area contributed by atoms with Crippen LogP contribution in [0.15, 0.2) is 18.2 Å². The van der Waals surface area contributed by atoms with Gasteiger partial charge in [0.1, 0.15) is 11.6 Å². The van der Waals surface area contributed by atoms with Crippen molar-refractivity contribution in [1.29, 1.82) is 0 Å². The van der Waals surface area contributed by atoms with E-state index >= 15 is 0 Å². The summed E-state index contributed by atoms with van der Waals surface area (Å²) in [5.74, 6) is -0.737. The monoisotopic (exact) mass is 252 g/mol. The van der Waals surface area contributed by atoms with E-state index in [4.69, 9.17) is 4.74 Å². The highest BCUT2D eigenvalue weighted by Crippen LogP contribution is 2.33. The van der Waals surface area contributed by atoms with Gasteiger partial charge in [0.15, 0.2) is 0 Å². The molecular weight excluding hydrogens is 240 g/mol. The SMILES string of the molecule is COc1cccc(F)c1C(O)CCC(F)(F)F. The number of hydrogen-bond donors (Lipinski definition) is 1. The molecule has 0 aliphatic carbocycles. The quantitative estimate of drug-likeness (QED) is 0.834. The zero-order valence-corrected chi connectivity index (χ0v) is 9.09. The molecule has 0 fully saturated rings. The lowest BCUT2D eigenvalue weighted by molar-refractivity contribution is -0.140. The third-order valence-electron chi connectivity index (χ3n) is 2.27. The molecule has 1 N–H and O–H groups in total. The van der Waals surface area contributed by atoms with E-state index in [0.717, 1.165) is 6.07 Å². The molecule has 96 valence electrons. The zero-order valence-electron chi connectivity index (χ0n) is 9.09. The smallest absolute Gasteiger partial charge is 0.389 e. The average molecular weight is 252 g/mol. The van der Waals surface area contributed by atoms with Crippen molar-refractivity contribution in [3.8, 4) is 5.75 Å². The van der Waals surface area contributed by atoms with E-state index in [1.54, 1.807) is 0 Å². The van der Waals surface area contributed by atoms with E-state index in [9.17, 15) is 22.7 Å². The highest BCUT2D eigenvalue weighted by Gasteiger charge is 2.29. The maximum absolute atomic E-state index is 13.4. The van der Waals surface area contributed by atoms with Gasteiger partial charge in [-0.25, -0.2) is 4.39 Å². The first kappa shape index (κ1) is 13.8. The molecule has 0 aromatic heterocycles. The lowest BCUT2D eigenvalue weighted by Crippen LogP contribution is -2.11. The predicted octanol–water partition coefficient (Wildman–Crippen LogP) is 3.21. The molecule has 0 saturated carbocycles. The van der Waals surface area contributed by atoms with Crippen LogP contribution in [0.2, 0.25) is 0 Å². The Labute approximate surface area is 95.8 Å². The summed E-state index contributed by atoms with van der Waals surface area (Å²) in [6, 6.07) is 3.80. The number of rotatable bonds is 4. The first-order chi connectivity index (χ1) is 7.85. The fourth-order valence-electron chi connectivity index (χ4n) is 1.46. The van der Waals surface area contributed by atoms with E-state index in [-0.39, 0.29) is 11.3 Å². The second-order valence-corrected chi connectivity index (χ2v) is 3.53. The van der Waals surface area contributed by atoms with E-state index < -0.39 is 30.9 Å². The van der Waals surface area contributed by atoms with E-state index in [0.29, 0.717) is 0 Å². The zero-order chi connectivity index (χ0) is 13.1. The minimum absolute atomic E-state index is 0.0414. The molecule has 0 heterocycles. The van der Waals surface area contributed by atoms with Crippen LogP contribution in [0.5, 0.6) is 5.75 Å². The normalized spacial score (nSPS) is 13.5. The van der Waals surface area contributed by atoms with Crippen LogP contribution in [0, 0.1) is 5.82 Å². The molecule has 17 heavy (non-hydrogen) atoms. The Kier molecular flexibility index (Phi) is 4.34. The topological polar surface area (TPSA) is 29.5 Å². The van der Waals surface area contributed by atoms with Crippen molar-refractivity contribution in [3.05, 3.63) is 29.6 Å². The average Bonchev–Trinajstić information content (AvgIpc) is 2.24. The van der Waals surface area contributed by atoms with Gasteiger partial charge in [0, 0.05) is 6.42 Å². The van der Waals surface area contributed by atoms with Gasteiger partial charge in [-0.05, 0) is 18.6 Å². The summed E-state index contributed by atoms with van der Waals surface area (Å²) in [5, 5.41) is 9.56. The van der Waals surface area contributed by atoms with E-state index in [2.05, 4.69) is 0 Å². The fraction of sp³-hybridized carbons (Fsp3) is 0.455. The summed E-state index contributed by atoms with van der Waals surface area (Å²) in [5.41, 5.74) is -0.237. The van der Waals surface area contributed by atoms with Gasteiger partial charge in [-0.3, -0.25) is 0 Å². The molecule has 0 aliphatic heterocycles. The van der Waals surface area contributed by atoms with Crippen LogP contribution in [0.1, 0.15) is 24.5 Å². The lowest BCUT2D eigenvalue weighted by Gasteiger charge is -2.16. The Morgan fingerprint density at radius 2 is 2.00 bits per heavy atom. The Morgan fingerprint density at radius 1 is 1.35 bits per heavy atom. The van der Waals surface area contributed by atoms with Crippen LogP contribution in [0.4, 0.5) is 17.6 Å². The maximum Gasteiger partial charge on any atom is 0.389 e. The Hall–Kier alpha value is -1.30. The van der Waals surface area contributed by atoms with Crippen molar-refractivity contribution < 1.29 is 27.4 Å². The highest BCUT2D eigenvalue weighted by atomic mass is 19.4. The fourth-order valence-corrected chi connectivity index (χ4v) is 1.46. The van der Waals surface area contributed by atoms with Crippen LogP contribution >= 0.6 is 0 Å². The number of hydrogen-bond acceptors (Lipinski definition) is 2. The molecule has 1 unspecified atom stereocenters. The van der Waals surface area contributed by atoms with Crippen LogP contribution in [0.3, 0.4) is 0 Å². The number of alkyl halides is 3. The predicted molar refractivity (Wildman–Crippen MR) is 53.2 cm³/mol. The summed E-state index contributed by atoms with van der Waals surface area (Å²) < 4.78 is 54.1. The molecule has 0 bridgehead atoms. The Balaban J connectivity index is 2.84. The largest absolute Gasteiger partial charge is 0.496 e. The van der Waals surface area contributed by atoms with Gasteiger partial charge in [0.05, 0.1) is 18.8 Å². The van der Waals surface area contributed by atoms with Crippen molar-refractivity contribution >= 4 is 0 Å². The molecule has 0 radical (unpaired) electrons. The summed E-state index contributed by atoms with van der Waals surface area (Å²) in [4.78, 5) is 0. The molecule has 0 aliphatic rings. The van der Waals surface area contributed by atoms with Crippen LogP contribution in [-0.4, -0.2) is 18.4 Å². The maximum atomic E-state index is 13.4. The lowest BCUT2D eigenvalue weighted by atomic mass is 10.0. The van der Waals surface area contributed by atoms with Crippen LogP contribution in [0.25, 0.3) is 0 Å². The van der Waals surface area contributed by atoms with E-state index in [1.807, 2.05) is 0 Å². The van der Waals surface area contributed by atoms with Crippen molar-refractivity contribution in [2.45, 2.75) is 25.1 Å². The Bertz CT molecular complexity index is 376. The molecule has 2 nitrogen and oxygen atoms in total.